The van der Waals surface area contributed by atoms with Gasteiger partial charge in [0.05, 0.1) is 17.5 Å². The zero-order valence-electron chi connectivity index (χ0n) is 19.9. The van der Waals surface area contributed by atoms with Gasteiger partial charge in [0.1, 0.15) is 6.04 Å². The standard InChI is InChI=1S/C27H36N4O3/c32-27(33)26(22-9-4-15-29-25(22)19-6-3-7-19)31-16-13-21(18-31)34-17-2-1-8-20-11-12-23-24(30-20)10-5-14-28-23/h4-5,9-10,14-15,19-21,26,30H,1-3,6-8,11-13,16-18H2,(H,32,33)/t20?,21-,26?/m1/s1. The molecular formula is C27H36N4O3. The third kappa shape index (κ3) is 5.26. The van der Waals surface area contributed by atoms with Gasteiger partial charge in [-0.25, -0.2) is 0 Å². The second-order valence-electron chi connectivity index (χ2n) is 10.00. The molecule has 1 saturated carbocycles. The molecule has 2 aromatic rings. The molecule has 4 heterocycles. The Morgan fingerprint density at radius 2 is 2.00 bits per heavy atom. The summed E-state index contributed by atoms with van der Waals surface area (Å²) in [4.78, 5) is 23.4. The minimum atomic E-state index is -0.786. The summed E-state index contributed by atoms with van der Waals surface area (Å²) in [5, 5.41) is 13.7. The zero-order chi connectivity index (χ0) is 23.3. The predicted octanol–water partition coefficient (Wildman–Crippen LogP) is 4.56. The predicted molar refractivity (Wildman–Crippen MR) is 131 cm³/mol. The molecule has 3 aliphatic rings. The number of rotatable bonds is 10. The summed E-state index contributed by atoms with van der Waals surface area (Å²) in [7, 11) is 0. The molecular weight excluding hydrogens is 428 g/mol. The number of carbonyl (C=O) groups is 1. The van der Waals surface area contributed by atoms with E-state index in [4.69, 9.17) is 4.74 Å². The highest BCUT2D eigenvalue weighted by Gasteiger charge is 2.37. The number of carboxylic acid groups (broad SMARTS) is 1. The van der Waals surface area contributed by atoms with Gasteiger partial charge < -0.3 is 15.2 Å². The Labute approximate surface area is 201 Å². The third-order valence-corrected chi connectivity index (χ3v) is 7.71. The number of aryl methyl sites for hydroxylation is 1. The van der Waals surface area contributed by atoms with Crippen molar-refractivity contribution in [2.45, 2.75) is 81.9 Å². The maximum Gasteiger partial charge on any atom is 0.325 e. The molecule has 7 nitrogen and oxygen atoms in total. The van der Waals surface area contributed by atoms with Crippen LogP contribution in [-0.2, 0) is 16.0 Å². The molecule has 5 rings (SSSR count). The second-order valence-corrected chi connectivity index (χ2v) is 10.00. The molecule has 7 heteroatoms. The maximum atomic E-state index is 12.3. The number of ether oxygens (including phenoxy) is 1. The quantitative estimate of drug-likeness (QED) is 0.499. The lowest BCUT2D eigenvalue weighted by Gasteiger charge is -2.31. The van der Waals surface area contributed by atoms with Crippen molar-refractivity contribution in [1.82, 2.24) is 14.9 Å². The Kier molecular flexibility index (Phi) is 7.40. The first-order chi connectivity index (χ1) is 16.7. The average molecular weight is 465 g/mol. The minimum Gasteiger partial charge on any atom is -0.480 e. The number of hydrogen-bond donors (Lipinski definition) is 2. The van der Waals surface area contributed by atoms with E-state index in [9.17, 15) is 9.90 Å². The SMILES string of the molecule is O=C(O)C(c1cccnc1C1CCC1)N1CC[C@@H](OCCCCC2CCc3ncccc3N2)C1. The number of unbranched alkanes of at least 4 members (excludes halogenated alkanes) is 1. The van der Waals surface area contributed by atoms with E-state index < -0.39 is 12.0 Å². The molecule has 182 valence electrons. The highest BCUT2D eigenvalue weighted by molar-refractivity contribution is 5.76. The van der Waals surface area contributed by atoms with Crippen molar-refractivity contribution in [3.63, 3.8) is 0 Å². The lowest BCUT2D eigenvalue weighted by Crippen LogP contribution is -2.35. The molecule has 0 bridgehead atoms. The Morgan fingerprint density at radius 3 is 2.82 bits per heavy atom. The molecule has 3 atom stereocenters. The van der Waals surface area contributed by atoms with Crippen LogP contribution >= 0.6 is 0 Å². The molecule has 2 aromatic heterocycles. The van der Waals surface area contributed by atoms with Crippen LogP contribution in [0.15, 0.2) is 36.7 Å². The van der Waals surface area contributed by atoms with Gasteiger partial charge in [0.15, 0.2) is 0 Å². The van der Waals surface area contributed by atoms with E-state index in [1.54, 1.807) is 6.20 Å². The number of anilines is 1. The van der Waals surface area contributed by atoms with Crippen LogP contribution in [0.1, 0.15) is 80.3 Å². The lowest BCUT2D eigenvalue weighted by atomic mass is 9.80. The molecule has 2 N–H and O–H groups in total. The summed E-state index contributed by atoms with van der Waals surface area (Å²) >= 11 is 0. The van der Waals surface area contributed by atoms with Crippen LogP contribution in [0.2, 0.25) is 0 Å². The molecule has 1 saturated heterocycles. The molecule has 1 aliphatic carbocycles. The van der Waals surface area contributed by atoms with E-state index in [0.717, 1.165) is 75.8 Å². The molecule has 0 spiro atoms. The number of fused-ring (bicyclic) bond motifs is 1. The summed E-state index contributed by atoms with van der Waals surface area (Å²) in [5.41, 5.74) is 4.22. The number of carboxylic acids is 1. The van der Waals surface area contributed by atoms with Crippen LogP contribution in [-0.4, -0.2) is 57.8 Å². The van der Waals surface area contributed by atoms with E-state index in [1.165, 1.54) is 17.8 Å². The van der Waals surface area contributed by atoms with Gasteiger partial charge in [0.25, 0.3) is 0 Å². The molecule has 34 heavy (non-hydrogen) atoms. The normalized spacial score (nSPS) is 23.6. The highest BCUT2D eigenvalue weighted by Crippen LogP contribution is 2.40. The Bertz CT molecular complexity index is 980. The van der Waals surface area contributed by atoms with E-state index in [1.807, 2.05) is 24.4 Å². The van der Waals surface area contributed by atoms with E-state index in [2.05, 4.69) is 26.3 Å². The van der Waals surface area contributed by atoms with Crippen LogP contribution in [0, 0.1) is 0 Å². The Hall–Kier alpha value is -2.51. The van der Waals surface area contributed by atoms with Gasteiger partial charge in [-0.15, -0.1) is 0 Å². The number of likely N-dealkylation sites (tertiary alicyclic amines) is 1. The molecule has 2 unspecified atom stereocenters. The minimum absolute atomic E-state index is 0.108. The Morgan fingerprint density at radius 1 is 1.15 bits per heavy atom. The molecule has 2 aliphatic heterocycles. The summed E-state index contributed by atoms with van der Waals surface area (Å²) in [6.45, 7) is 2.16. The molecule has 0 amide bonds. The van der Waals surface area contributed by atoms with Crippen molar-refractivity contribution in [2.24, 2.45) is 0 Å². The van der Waals surface area contributed by atoms with Gasteiger partial charge in [-0.3, -0.25) is 19.7 Å². The van der Waals surface area contributed by atoms with Crippen molar-refractivity contribution in [2.75, 3.05) is 25.0 Å². The fourth-order valence-corrected chi connectivity index (χ4v) is 5.63. The van der Waals surface area contributed by atoms with E-state index in [0.29, 0.717) is 18.5 Å². The number of nitrogens with one attached hydrogen (secondary N) is 1. The van der Waals surface area contributed by atoms with Crippen molar-refractivity contribution in [3.8, 4) is 0 Å². The highest BCUT2D eigenvalue weighted by atomic mass is 16.5. The number of pyridine rings is 2. The summed E-state index contributed by atoms with van der Waals surface area (Å²) in [6.07, 6.45) is 13.6. The largest absolute Gasteiger partial charge is 0.480 e. The van der Waals surface area contributed by atoms with Gasteiger partial charge in [0, 0.05) is 55.3 Å². The maximum absolute atomic E-state index is 12.3. The van der Waals surface area contributed by atoms with Gasteiger partial charge in [-0.1, -0.05) is 12.5 Å². The summed E-state index contributed by atoms with van der Waals surface area (Å²) < 4.78 is 6.17. The second kappa shape index (κ2) is 10.8. The molecule has 0 radical (unpaired) electrons. The van der Waals surface area contributed by atoms with Gasteiger partial charge >= 0.3 is 5.97 Å². The van der Waals surface area contributed by atoms with Crippen LogP contribution in [0.3, 0.4) is 0 Å². The number of aromatic nitrogens is 2. The van der Waals surface area contributed by atoms with Crippen molar-refractivity contribution >= 4 is 11.7 Å². The van der Waals surface area contributed by atoms with Crippen LogP contribution < -0.4 is 5.32 Å². The van der Waals surface area contributed by atoms with Crippen molar-refractivity contribution < 1.29 is 14.6 Å². The molecule has 0 aromatic carbocycles. The lowest BCUT2D eigenvalue weighted by molar-refractivity contribution is -0.143. The van der Waals surface area contributed by atoms with Gasteiger partial charge in [-0.05, 0) is 69.6 Å². The zero-order valence-corrected chi connectivity index (χ0v) is 19.9. The Balaban J connectivity index is 1.07. The smallest absolute Gasteiger partial charge is 0.325 e. The third-order valence-electron chi connectivity index (χ3n) is 7.71. The monoisotopic (exact) mass is 464 g/mol. The number of aliphatic carboxylic acids is 1. The first kappa shape index (κ1) is 23.2. The molecule has 2 fully saturated rings. The number of nitrogens with zero attached hydrogens (tertiary/aromatic N) is 3. The van der Waals surface area contributed by atoms with E-state index in [-0.39, 0.29) is 6.10 Å². The summed E-state index contributed by atoms with van der Waals surface area (Å²) in [5.74, 6) is -0.373. The van der Waals surface area contributed by atoms with Crippen LogP contribution in [0.25, 0.3) is 0 Å². The fraction of sp³-hybridized carbons (Fsp3) is 0.593. The first-order valence-electron chi connectivity index (χ1n) is 12.9. The van der Waals surface area contributed by atoms with Crippen LogP contribution in [0.5, 0.6) is 0 Å². The van der Waals surface area contributed by atoms with Crippen molar-refractivity contribution in [3.05, 3.63) is 53.6 Å². The average Bonchev–Trinajstić information content (AvgIpc) is 3.27. The van der Waals surface area contributed by atoms with Gasteiger partial charge in [0.2, 0.25) is 0 Å². The topological polar surface area (TPSA) is 87.6 Å². The summed E-state index contributed by atoms with van der Waals surface area (Å²) in [6, 6.07) is 7.82. The van der Waals surface area contributed by atoms with Crippen molar-refractivity contribution in [1.29, 1.82) is 0 Å². The van der Waals surface area contributed by atoms with E-state index >= 15 is 0 Å². The number of hydrogen-bond acceptors (Lipinski definition) is 6. The first-order valence-corrected chi connectivity index (χ1v) is 12.9. The van der Waals surface area contributed by atoms with Crippen LogP contribution in [0.4, 0.5) is 5.69 Å². The fourth-order valence-electron chi connectivity index (χ4n) is 5.63. The van der Waals surface area contributed by atoms with Gasteiger partial charge in [-0.2, -0.15) is 0 Å².